The molecule has 0 aliphatic carbocycles. The Balaban J connectivity index is 1.97. The van der Waals surface area contributed by atoms with Crippen molar-refractivity contribution in [1.29, 1.82) is 0 Å². The van der Waals surface area contributed by atoms with Crippen LogP contribution in [0.4, 0.5) is 5.69 Å². The smallest absolute Gasteiger partial charge is 0.238 e. The molecule has 0 saturated heterocycles. The third-order valence-electron chi connectivity index (χ3n) is 3.74. The van der Waals surface area contributed by atoms with Gasteiger partial charge in [-0.1, -0.05) is 30.3 Å². The maximum Gasteiger partial charge on any atom is 0.238 e. The summed E-state index contributed by atoms with van der Waals surface area (Å²) in [5.74, 6) is 0.621. The van der Waals surface area contributed by atoms with E-state index in [-0.39, 0.29) is 5.91 Å². The molecule has 0 radical (unpaired) electrons. The molecular weight excluding hydrogens is 288 g/mol. The van der Waals surface area contributed by atoms with E-state index in [4.69, 9.17) is 4.74 Å². The SMILES string of the molecule is COc1ccc(C)cc1NC(=O)CN(C)Cc1ccccc1C. The van der Waals surface area contributed by atoms with Crippen LogP contribution in [-0.4, -0.2) is 31.5 Å². The molecule has 4 nitrogen and oxygen atoms in total. The van der Waals surface area contributed by atoms with Gasteiger partial charge >= 0.3 is 0 Å². The second-order valence-electron chi connectivity index (χ2n) is 5.85. The van der Waals surface area contributed by atoms with Crippen molar-refractivity contribution in [3.05, 3.63) is 59.2 Å². The molecule has 4 heteroatoms. The molecule has 2 rings (SSSR count). The van der Waals surface area contributed by atoms with Gasteiger partial charge in [0.2, 0.25) is 5.91 Å². The number of amides is 1. The molecule has 0 aliphatic heterocycles. The molecular formula is C19H24N2O2. The lowest BCUT2D eigenvalue weighted by atomic mass is 10.1. The molecule has 1 N–H and O–H groups in total. The number of carbonyl (C=O) groups excluding carboxylic acids is 1. The van der Waals surface area contributed by atoms with Crippen LogP contribution in [0.3, 0.4) is 0 Å². The van der Waals surface area contributed by atoms with Crippen LogP contribution in [0.15, 0.2) is 42.5 Å². The normalized spacial score (nSPS) is 10.7. The number of nitrogens with one attached hydrogen (secondary N) is 1. The van der Waals surface area contributed by atoms with Crippen molar-refractivity contribution in [2.75, 3.05) is 26.0 Å². The lowest BCUT2D eigenvalue weighted by Gasteiger charge is -2.18. The molecule has 0 bridgehead atoms. The first-order valence-electron chi connectivity index (χ1n) is 7.67. The van der Waals surface area contributed by atoms with Crippen molar-refractivity contribution in [3.8, 4) is 5.75 Å². The minimum atomic E-state index is -0.0509. The molecule has 1 amide bonds. The first kappa shape index (κ1) is 17.0. The fraction of sp³-hybridized carbons (Fsp3) is 0.316. The second-order valence-corrected chi connectivity index (χ2v) is 5.85. The largest absolute Gasteiger partial charge is 0.495 e. The van der Waals surface area contributed by atoms with E-state index in [1.165, 1.54) is 11.1 Å². The van der Waals surface area contributed by atoms with E-state index in [9.17, 15) is 4.79 Å². The highest BCUT2D eigenvalue weighted by molar-refractivity contribution is 5.93. The van der Waals surface area contributed by atoms with Gasteiger partial charge in [-0.2, -0.15) is 0 Å². The monoisotopic (exact) mass is 312 g/mol. The predicted molar refractivity (Wildman–Crippen MR) is 93.9 cm³/mol. The molecule has 0 saturated carbocycles. The summed E-state index contributed by atoms with van der Waals surface area (Å²) in [6.45, 7) is 5.14. The molecule has 0 atom stereocenters. The average Bonchev–Trinajstić information content (AvgIpc) is 2.49. The summed E-state index contributed by atoms with van der Waals surface area (Å²) in [4.78, 5) is 14.3. The Morgan fingerprint density at radius 1 is 1.17 bits per heavy atom. The summed E-state index contributed by atoms with van der Waals surface area (Å²) in [7, 11) is 3.55. The van der Waals surface area contributed by atoms with E-state index >= 15 is 0 Å². The zero-order valence-electron chi connectivity index (χ0n) is 14.2. The van der Waals surface area contributed by atoms with Crippen LogP contribution in [0.25, 0.3) is 0 Å². The van der Waals surface area contributed by atoms with Crippen molar-refractivity contribution in [3.63, 3.8) is 0 Å². The van der Waals surface area contributed by atoms with Crippen LogP contribution in [0.1, 0.15) is 16.7 Å². The second kappa shape index (κ2) is 7.79. The lowest BCUT2D eigenvalue weighted by molar-refractivity contribution is -0.117. The van der Waals surface area contributed by atoms with Gasteiger partial charge in [0.15, 0.2) is 0 Å². The van der Waals surface area contributed by atoms with Gasteiger partial charge in [0.05, 0.1) is 19.3 Å². The van der Waals surface area contributed by atoms with Gasteiger partial charge in [-0.15, -0.1) is 0 Å². The highest BCUT2D eigenvalue weighted by atomic mass is 16.5. The number of hydrogen-bond acceptors (Lipinski definition) is 3. The molecule has 23 heavy (non-hydrogen) atoms. The van der Waals surface area contributed by atoms with E-state index in [1.807, 2.05) is 49.2 Å². The number of nitrogens with zero attached hydrogens (tertiary/aromatic N) is 1. The summed E-state index contributed by atoms with van der Waals surface area (Å²) in [6, 6.07) is 14.0. The van der Waals surface area contributed by atoms with Crippen molar-refractivity contribution in [1.82, 2.24) is 4.90 Å². The molecule has 2 aromatic carbocycles. The standard InChI is InChI=1S/C19H24N2O2/c1-14-9-10-18(23-4)17(11-14)20-19(22)13-21(3)12-16-8-6-5-7-15(16)2/h5-11H,12-13H2,1-4H3,(H,20,22). The summed E-state index contributed by atoms with van der Waals surface area (Å²) in [5, 5.41) is 2.93. The van der Waals surface area contributed by atoms with Crippen LogP contribution in [0, 0.1) is 13.8 Å². The molecule has 0 spiro atoms. The van der Waals surface area contributed by atoms with Gasteiger partial charge in [-0.3, -0.25) is 9.69 Å². The van der Waals surface area contributed by atoms with Crippen LogP contribution in [0.5, 0.6) is 5.75 Å². The number of methoxy groups -OCH3 is 1. The van der Waals surface area contributed by atoms with Gasteiger partial charge in [-0.05, 0) is 49.7 Å². The first-order chi connectivity index (χ1) is 11.0. The Hall–Kier alpha value is -2.33. The van der Waals surface area contributed by atoms with Gasteiger partial charge in [0.25, 0.3) is 0 Å². The summed E-state index contributed by atoms with van der Waals surface area (Å²) >= 11 is 0. The Kier molecular flexibility index (Phi) is 5.77. The lowest BCUT2D eigenvalue weighted by Crippen LogP contribution is -2.30. The highest BCUT2D eigenvalue weighted by Gasteiger charge is 2.11. The van der Waals surface area contributed by atoms with Crippen molar-refractivity contribution < 1.29 is 9.53 Å². The molecule has 0 unspecified atom stereocenters. The number of anilines is 1. The highest BCUT2D eigenvalue weighted by Crippen LogP contribution is 2.25. The van der Waals surface area contributed by atoms with Gasteiger partial charge in [0, 0.05) is 6.54 Å². The Morgan fingerprint density at radius 2 is 1.91 bits per heavy atom. The fourth-order valence-corrected chi connectivity index (χ4v) is 2.49. The van der Waals surface area contributed by atoms with E-state index in [0.717, 1.165) is 12.1 Å². The average molecular weight is 312 g/mol. The maximum atomic E-state index is 12.3. The maximum absolute atomic E-state index is 12.3. The van der Waals surface area contributed by atoms with Crippen molar-refractivity contribution in [2.24, 2.45) is 0 Å². The summed E-state index contributed by atoms with van der Waals surface area (Å²) in [6.07, 6.45) is 0. The van der Waals surface area contributed by atoms with Crippen LogP contribution in [-0.2, 0) is 11.3 Å². The number of rotatable bonds is 6. The van der Waals surface area contributed by atoms with E-state index in [1.54, 1.807) is 7.11 Å². The van der Waals surface area contributed by atoms with Gasteiger partial charge in [-0.25, -0.2) is 0 Å². The number of aryl methyl sites for hydroxylation is 2. The van der Waals surface area contributed by atoms with Crippen molar-refractivity contribution >= 4 is 11.6 Å². The fourth-order valence-electron chi connectivity index (χ4n) is 2.49. The topological polar surface area (TPSA) is 41.6 Å². The van der Waals surface area contributed by atoms with E-state index < -0.39 is 0 Å². The summed E-state index contributed by atoms with van der Waals surface area (Å²) < 4.78 is 5.29. The number of carbonyl (C=O) groups is 1. The minimum Gasteiger partial charge on any atom is -0.495 e. The van der Waals surface area contributed by atoms with E-state index in [0.29, 0.717) is 18.0 Å². The van der Waals surface area contributed by atoms with Gasteiger partial charge in [0.1, 0.15) is 5.75 Å². The molecule has 2 aromatic rings. The zero-order valence-corrected chi connectivity index (χ0v) is 14.2. The Bertz CT molecular complexity index is 683. The number of benzene rings is 2. The predicted octanol–water partition coefficient (Wildman–Crippen LogP) is 3.38. The van der Waals surface area contributed by atoms with E-state index in [2.05, 4.69) is 24.4 Å². The zero-order chi connectivity index (χ0) is 16.8. The third kappa shape index (κ3) is 4.83. The minimum absolute atomic E-state index is 0.0509. The molecule has 0 heterocycles. The number of hydrogen-bond donors (Lipinski definition) is 1. The molecule has 0 fully saturated rings. The van der Waals surface area contributed by atoms with Crippen LogP contribution in [0.2, 0.25) is 0 Å². The quantitative estimate of drug-likeness (QED) is 0.889. The molecule has 0 aromatic heterocycles. The number of likely N-dealkylation sites (N-methyl/N-ethyl adjacent to an activating group) is 1. The van der Waals surface area contributed by atoms with Crippen molar-refractivity contribution in [2.45, 2.75) is 20.4 Å². The third-order valence-corrected chi connectivity index (χ3v) is 3.74. The van der Waals surface area contributed by atoms with Crippen LogP contribution >= 0.6 is 0 Å². The Labute approximate surface area is 138 Å². The van der Waals surface area contributed by atoms with Gasteiger partial charge < -0.3 is 10.1 Å². The molecule has 0 aliphatic rings. The number of ether oxygens (including phenoxy) is 1. The Morgan fingerprint density at radius 3 is 2.61 bits per heavy atom. The van der Waals surface area contributed by atoms with Crippen LogP contribution < -0.4 is 10.1 Å². The molecule has 122 valence electrons. The first-order valence-corrected chi connectivity index (χ1v) is 7.67. The summed E-state index contributed by atoms with van der Waals surface area (Å²) in [5.41, 5.74) is 4.26.